The molecule has 14 heteroatoms. The van der Waals surface area contributed by atoms with Gasteiger partial charge in [-0.25, -0.2) is 4.79 Å². The smallest absolute Gasteiger partial charge is 0.334 e. The Balaban J connectivity index is 1.08. The second kappa shape index (κ2) is 23.8. The molecule has 80 heavy (non-hydrogen) atoms. The quantitative estimate of drug-likeness (QED) is 0.0371. The van der Waals surface area contributed by atoms with Crippen molar-refractivity contribution >= 4 is 23.4 Å². The molecule has 0 aromatic heterocycles. The van der Waals surface area contributed by atoms with E-state index in [0.29, 0.717) is 71.4 Å². The molecule has 14 nitrogen and oxygen atoms in total. The number of rotatable bonds is 12. The Bertz CT molecular complexity index is 2930. The van der Waals surface area contributed by atoms with Crippen molar-refractivity contribution in [1.29, 1.82) is 0 Å². The van der Waals surface area contributed by atoms with Crippen molar-refractivity contribution in [1.82, 2.24) is 5.32 Å². The number of anilines is 1. The first kappa shape index (κ1) is 56.5. The first-order chi connectivity index (χ1) is 38.6. The maximum Gasteiger partial charge on any atom is 0.334 e. The largest absolute Gasteiger partial charge is 0.507 e. The minimum atomic E-state index is -1.68. The van der Waals surface area contributed by atoms with Crippen molar-refractivity contribution in [3.05, 3.63) is 111 Å². The van der Waals surface area contributed by atoms with E-state index < -0.39 is 71.2 Å². The zero-order valence-corrected chi connectivity index (χ0v) is 46.5. The van der Waals surface area contributed by atoms with E-state index in [2.05, 4.69) is 34.6 Å². The number of carbonyl (C=O) groups is 3. The molecule has 3 aliphatic heterocycles. The van der Waals surface area contributed by atoms with Gasteiger partial charge in [-0.2, -0.15) is 0 Å². The number of aliphatic hydroxyl groups is 5. The van der Waals surface area contributed by atoms with Crippen LogP contribution in [0.25, 0.3) is 0 Å². The number of hydrogen-bond donors (Lipinski definition) is 8. The topological polar surface area (TPSA) is 224 Å². The molecule has 3 aromatic carbocycles. The summed E-state index contributed by atoms with van der Waals surface area (Å²) in [6.07, 6.45) is 12.7. The SMILES string of the molecule is CNCC(O)c1cc(NCC(C)(O)C(O)COC2CCCC2)cc(C2C#CC3CC(=O)Oc4c3cc(c(O)c4C3CCCCC3)CC3OC(=O)C(=CC(O)Cc4cccc(c4)CC4C(=O)CCC5C4CC4C=CCCC4C35O)C2)c1. The number of esters is 2. The third-order valence-corrected chi connectivity index (χ3v) is 19.7. The minimum Gasteiger partial charge on any atom is -0.507 e. The number of carbonyl (C=O) groups excluding carboxylic acids is 3. The summed E-state index contributed by atoms with van der Waals surface area (Å²) in [5, 5.41) is 80.3. The summed E-state index contributed by atoms with van der Waals surface area (Å²) in [5.41, 5.74) is 1.79. The van der Waals surface area contributed by atoms with Gasteiger partial charge in [0.1, 0.15) is 40.7 Å². The lowest BCUT2D eigenvalue weighted by Gasteiger charge is -2.58. The lowest BCUT2D eigenvalue weighted by molar-refractivity contribution is -0.221. The van der Waals surface area contributed by atoms with Crippen LogP contribution < -0.4 is 15.4 Å². The Hall–Kier alpha value is -5.37. The average Bonchev–Trinajstić information content (AvgIpc) is 4.12. The number of aromatic hydroxyl groups is 1. The van der Waals surface area contributed by atoms with Gasteiger partial charge in [0, 0.05) is 66.6 Å². The lowest BCUT2D eigenvalue weighted by atomic mass is 9.49. The van der Waals surface area contributed by atoms with E-state index in [1.165, 1.54) is 6.08 Å². The third-order valence-electron chi connectivity index (χ3n) is 19.7. The molecule has 0 saturated heterocycles. The van der Waals surface area contributed by atoms with Crippen LogP contribution in [-0.2, 0) is 43.1 Å². The summed E-state index contributed by atoms with van der Waals surface area (Å²) in [6, 6.07) is 15.2. The number of nitrogens with one attached hydrogen (secondary N) is 2. The molecule has 0 radical (unpaired) electrons. The predicted molar refractivity (Wildman–Crippen MR) is 302 cm³/mol. The number of benzene rings is 3. The van der Waals surface area contributed by atoms with Crippen LogP contribution in [0, 0.1) is 41.4 Å². The number of Topliss-reactive ketones (excluding diaryl/α,β-unsaturated/α-hetero) is 1. The monoisotopic (exact) mass is 1090 g/mol. The van der Waals surface area contributed by atoms with Crippen molar-refractivity contribution in [3.8, 4) is 23.3 Å². The van der Waals surface area contributed by atoms with Crippen molar-refractivity contribution in [2.75, 3.05) is 32.1 Å². The van der Waals surface area contributed by atoms with Gasteiger partial charge in [0.2, 0.25) is 0 Å². The highest BCUT2D eigenvalue weighted by Crippen LogP contribution is 2.58. The fourth-order valence-electron chi connectivity index (χ4n) is 15.4. The zero-order valence-electron chi connectivity index (χ0n) is 46.5. The van der Waals surface area contributed by atoms with Gasteiger partial charge < -0.3 is 55.5 Å². The highest BCUT2D eigenvalue weighted by Gasteiger charge is 2.62. The fourth-order valence-corrected chi connectivity index (χ4v) is 15.4. The van der Waals surface area contributed by atoms with Gasteiger partial charge >= 0.3 is 11.9 Å². The molecule has 13 atom stereocenters. The van der Waals surface area contributed by atoms with Crippen LogP contribution in [0.2, 0.25) is 0 Å². The van der Waals surface area contributed by atoms with E-state index in [0.717, 1.165) is 68.9 Å². The van der Waals surface area contributed by atoms with Gasteiger partial charge in [0.15, 0.2) is 0 Å². The van der Waals surface area contributed by atoms with E-state index in [1.807, 2.05) is 42.5 Å². The number of phenols is 1. The van der Waals surface area contributed by atoms with Gasteiger partial charge in [-0.3, -0.25) is 9.59 Å². The summed E-state index contributed by atoms with van der Waals surface area (Å²) in [5.74, 6) is 2.92. The zero-order chi connectivity index (χ0) is 55.9. The Morgan fingerprint density at radius 1 is 0.875 bits per heavy atom. The van der Waals surface area contributed by atoms with E-state index >= 15 is 4.79 Å². The highest BCUT2D eigenvalue weighted by molar-refractivity contribution is 5.89. The van der Waals surface area contributed by atoms with Crippen LogP contribution in [0.5, 0.6) is 11.5 Å². The summed E-state index contributed by atoms with van der Waals surface area (Å²) in [4.78, 5) is 44.1. The molecule has 4 fully saturated rings. The third kappa shape index (κ3) is 11.7. The van der Waals surface area contributed by atoms with Crippen LogP contribution in [-0.4, -0.2) is 111 Å². The van der Waals surface area contributed by atoms with E-state index in [-0.39, 0.29) is 98.7 Å². The summed E-state index contributed by atoms with van der Waals surface area (Å²) in [7, 11) is 1.74. The van der Waals surface area contributed by atoms with Crippen molar-refractivity contribution in [2.24, 2.45) is 29.6 Å². The predicted octanol–water partition coefficient (Wildman–Crippen LogP) is 8.23. The fraction of sp³-hybridized carbons (Fsp3) is 0.591. The van der Waals surface area contributed by atoms with Crippen LogP contribution in [0.4, 0.5) is 5.69 Å². The molecule has 428 valence electrons. The molecule has 13 unspecified atom stereocenters. The number of aliphatic hydroxyl groups excluding tert-OH is 3. The molecule has 3 aromatic rings. The molecule has 10 bridgehead atoms. The standard InChI is InChI=1S/C66H82N2O12/c1-65(76,58(72)36-78-50-16-7-8-17-50)37-68-48-28-44(27-45(29-48)57(71)35-67-2)41-19-20-42-34-60(73)80-63-51(42)32-46(62(74)61(63)40-13-4-3-5-14-40)33-59-66(77)54-18-9-6-15-43(54)31-52-53(56(70)22-21-55(52)66)25-39-12-10-11-38(23-39)24-49(69)30-47(26-41)64(75)79-59/h6,10-12,15,23,27-30,32,40-43,49-50,52-55,57-59,67-69,71-72,74,76-77H,3-5,7-9,13-14,16-18,21-22,24-26,31,33-37H2,1-2H3. The van der Waals surface area contributed by atoms with E-state index in [1.54, 1.807) is 20.0 Å². The van der Waals surface area contributed by atoms with Gasteiger partial charge in [0.05, 0.1) is 37.3 Å². The number of ketones is 1. The molecule has 3 heterocycles. The maximum atomic E-state index is 15.8. The molecule has 8 N–H and O–H groups in total. The highest BCUT2D eigenvalue weighted by atomic mass is 16.6. The second-order valence-corrected chi connectivity index (χ2v) is 25.1. The van der Waals surface area contributed by atoms with E-state index in [4.69, 9.17) is 14.2 Å². The second-order valence-electron chi connectivity index (χ2n) is 25.1. The first-order valence-corrected chi connectivity index (χ1v) is 30.0. The van der Waals surface area contributed by atoms with Crippen molar-refractivity contribution < 1.29 is 59.2 Å². The summed E-state index contributed by atoms with van der Waals surface area (Å²) < 4.78 is 19.2. The van der Waals surface area contributed by atoms with Gasteiger partial charge in [0.25, 0.3) is 0 Å². The number of ether oxygens (including phenoxy) is 3. The summed E-state index contributed by atoms with van der Waals surface area (Å²) in [6.45, 7) is 1.61. The molecular weight excluding hydrogens is 1010 g/mol. The number of hydrogen-bond acceptors (Lipinski definition) is 14. The lowest BCUT2D eigenvalue weighted by Crippen LogP contribution is -2.65. The molecule has 0 spiro atoms. The van der Waals surface area contributed by atoms with Gasteiger partial charge in [-0.05, 0) is 160 Å². The molecule has 8 aliphatic rings. The van der Waals surface area contributed by atoms with Crippen molar-refractivity contribution in [2.45, 2.75) is 188 Å². The number of allylic oxidation sites excluding steroid dienone is 2. The average molecular weight is 1100 g/mol. The first-order valence-electron chi connectivity index (χ1n) is 30.0. The summed E-state index contributed by atoms with van der Waals surface area (Å²) >= 11 is 0. The van der Waals surface area contributed by atoms with Gasteiger partial charge in [-0.15, -0.1) is 0 Å². The molecule has 11 rings (SSSR count). The van der Waals surface area contributed by atoms with Crippen LogP contribution >= 0.6 is 0 Å². The Kier molecular flexibility index (Phi) is 16.8. The van der Waals surface area contributed by atoms with Gasteiger partial charge in [-0.1, -0.05) is 86.4 Å². The maximum absolute atomic E-state index is 15.8. The van der Waals surface area contributed by atoms with Crippen LogP contribution in [0.1, 0.15) is 172 Å². The molecule has 4 saturated carbocycles. The molecular formula is C66H82N2O12. The number of phenolic OH excluding ortho intramolecular Hbond substituents is 1. The normalized spacial score (nSPS) is 31.4. The van der Waals surface area contributed by atoms with Crippen LogP contribution in [0.3, 0.4) is 0 Å². The van der Waals surface area contributed by atoms with Crippen molar-refractivity contribution in [3.63, 3.8) is 0 Å². The Labute approximate surface area is 470 Å². The number of likely N-dealkylation sites (N-methyl/N-ethyl adjacent to an activating group) is 1. The molecule has 0 amide bonds. The number of fused-ring (bicyclic) bond motifs is 9. The molecule has 5 aliphatic carbocycles. The van der Waals surface area contributed by atoms with E-state index in [9.17, 15) is 40.2 Å². The minimum absolute atomic E-state index is 0.0370. The van der Waals surface area contributed by atoms with Crippen LogP contribution in [0.15, 0.2) is 72.3 Å². The Morgan fingerprint density at radius 3 is 2.42 bits per heavy atom. The Morgan fingerprint density at radius 2 is 1.64 bits per heavy atom.